The van der Waals surface area contributed by atoms with Crippen molar-refractivity contribution in [2.24, 2.45) is 0 Å². The van der Waals surface area contributed by atoms with Gasteiger partial charge in [0.15, 0.2) is 0 Å². The quantitative estimate of drug-likeness (QED) is 0.812. The van der Waals surface area contributed by atoms with Crippen LogP contribution >= 0.6 is 0 Å². The van der Waals surface area contributed by atoms with Crippen molar-refractivity contribution in [2.75, 3.05) is 26.1 Å². The van der Waals surface area contributed by atoms with E-state index in [0.717, 1.165) is 0 Å². The average molecular weight is 289 g/mol. The fourth-order valence-corrected chi connectivity index (χ4v) is 1.92. The second-order valence-corrected chi connectivity index (χ2v) is 4.73. The number of nitrogens with zero attached hydrogens (tertiary/aromatic N) is 3. The van der Waals surface area contributed by atoms with Crippen molar-refractivity contribution in [1.82, 2.24) is 9.97 Å². The Labute approximate surface area is 122 Å². The Morgan fingerprint density at radius 1 is 1.19 bits per heavy atom. The molecule has 6 heteroatoms. The number of anilines is 1. The Morgan fingerprint density at radius 3 is 2.33 bits per heavy atom. The third-order valence-electron chi connectivity index (χ3n) is 2.99. The highest BCUT2D eigenvalue weighted by atomic mass is 19.1. The van der Waals surface area contributed by atoms with Crippen LogP contribution < -0.4 is 4.90 Å². The number of ether oxygens (including phenoxy) is 1. The minimum atomic E-state index is -0.517. The number of rotatable bonds is 3. The lowest BCUT2D eigenvalue weighted by atomic mass is 10.0. The first-order valence-corrected chi connectivity index (χ1v) is 6.34. The molecule has 0 N–H and O–H groups in total. The first kappa shape index (κ1) is 14.9. The van der Waals surface area contributed by atoms with E-state index >= 15 is 0 Å². The molecule has 0 unspecified atom stereocenters. The van der Waals surface area contributed by atoms with Gasteiger partial charge in [-0.1, -0.05) is 0 Å². The summed E-state index contributed by atoms with van der Waals surface area (Å²) in [5, 5.41) is 0. The van der Waals surface area contributed by atoms with Gasteiger partial charge in [-0.05, 0) is 31.2 Å². The second kappa shape index (κ2) is 5.87. The number of carbonyl (C=O) groups is 1. The highest BCUT2D eigenvalue weighted by molar-refractivity contribution is 5.97. The highest BCUT2D eigenvalue weighted by Gasteiger charge is 2.21. The van der Waals surface area contributed by atoms with Gasteiger partial charge >= 0.3 is 5.97 Å². The molecule has 2 rings (SSSR count). The smallest absolute Gasteiger partial charge is 0.341 e. The molecule has 0 saturated heterocycles. The molecule has 0 aliphatic heterocycles. The standard InChI is InChI=1S/C15H16FN3O2/c1-9-12(14(20)21-4)13(18-15(17-9)19(2)3)10-5-7-11(16)8-6-10/h5-8H,1-4H3. The number of hydrogen-bond donors (Lipinski definition) is 0. The van der Waals surface area contributed by atoms with Crippen molar-refractivity contribution in [2.45, 2.75) is 6.92 Å². The van der Waals surface area contributed by atoms with Gasteiger partial charge in [-0.15, -0.1) is 0 Å². The van der Waals surface area contributed by atoms with Crippen LogP contribution in [0.5, 0.6) is 0 Å². The lowest BCUT2D eigenvalue weighted by Gasteiger charge is -2.16. The van der Waals surface area contributed by atoms with Crippen molar-refractivity contribution in [3.05, 3.63) is 41.3 Å². The van der Waals surface area contributed by atoms with Gasteiger partial charge in [0.25, 0.3) is 0 Å². The van der Waals surface area contributed by atoms with Crippen LogP contribution in [0.4, 0.5) is 10.3 Å². The molecular formula is C15H16FN3O2. The minimum Gasteiger partial charge on any atom is -0.465 e. The molecule has 0 amide bonds. The van der Waals surface area contributed by atoms with E-state index < -0.39 is 5.97 Å². The van der Waals surface area contributed by atoms with Crippen molar-refractivity contribution >= 4 is 11.9 Å². The van der Waals surface area contributed by atoms with Crippen LogP contribution in [-0.4, -0.2) is 37.1 Å². The molecule has 2 aromatic rings. The van der Waals surface area contributed by atoms with Gasteiger partial charge in [0.05, 0.1) is 18.5 Å². The van der Waals surface area contributed by atoms with Crippen LogP contribution in [0.15, 0.2) is 24.3 Å². The summed E-state index contributed by atoms with van der Waals surface area (Å²) >= 11 is 0. The van der Waals surface area contributed by atoms with Crippen LogP contribution in [0.1, 0.15) is 16.1 Å². The summed E-state index contributed by atoms with van der Waals surface area (Å²) in [4.78, 5) is 22.4. The number of esters is 1. The van der Waals surface area contributed by atoms with Gasteiger partial charge < -0.3 is 9.64 Å². The maximum absolute atomic E-state index is 13.1. The summed E-state index contributed by atoms with van der Waals surface area (Å²) in [6, 6.07) is 5.79. The number of benzene rings is 1. The summed E-state index contributed by atoms with van der Waals surface area (Å²) in [6.45, 7) is 1.72. The predicted octanol–water partition coefficient (Wildman–Crippen LogP) is 2.44. The lowest BCUT2D eigenvalue weighted by Crippen LogP contribution is -2.17. The average Bonchev–Trinajstić information content (AvgIpc) is 2.46. The van der Waals surface area contributed by atoms with Crippen molar-refractivity contribution in [3.8, 4) is 11.3 Å². The van der Waals surface area contributed by atoms with Gasteiger partial charge in [-0.3, -0.25) is 0 Å². The molecule has 5 nitrogen and oxygen atoms in total. The largest absolute Gasteiger partial charge is 0.465 e. The van der Waals surface area contributed by atoms with E-state index in [2.05, 4.69) is 9.97 Å². The monoisotopic (exact) mass is 289 g/mol. The van der Waals surface area contributed by atoms with E-state index in [-0.39, 0.29) is 11.4 Å². The maximum Gasteiger partial charge on any atom is 0.341 e. The number of aromatic nitrogens is 2. The summed E-state index contributed by atoms with van der Waals surface area (Å²) in [7, 11) is 4.91. The molecule has 21 heavy (non-hydrogen) atoms. The zero-order valence-corrected chi connectivity index (χ0v) is 12.3. The van der Waals surface area contributed by atoms with Gasteiger partial charge in [0.1, 0.15) is 11.4 Å². The van der Waals surface area contributed by atoms with E-state index in [1.165, 1.54) is 19.2 Å². The van der Waals surface area contributed by atoms with Crippen molar-refractivity contribution in [1.29, 1.82) is 0 Å². The molecule has 0 radical (unpaired) electrons. The van der Waals surface area contributed by atoms with E-state index in [1.807, 2.05) is 0 Å². The highest BCUT2D eigenvalue weighted by Crippen LogP contribution is 2.26. The maximum atomic E-state index is 13.1. The molecule has 0 saturated carbocycles. The lowest BCUT2D eigenvalue weighted by molar-refractivity contribution is 0.0600. The predicted molar refractivity (Wildman–Crippen MR) is 77.8 cm³/mol. The van der Waals surface area contributed by atoms with Gasteiger partial charge in [-0.2, -0.15) is 0 Å². The number of aryl methyl sites for hydroxylation is 1. The Balaban J connectivity index is 2.70. The van der Waals surface area contributed by atoms with Crippen molar-refractivity contribution in [3.63, 3.8) is 0 Å². The normalized spacial score (nSPS) is 10.3. The molecule has 0 aliphatic carbocycles. The topological polar surface area (TPSA) is 55.3 Å². The van der Waals surface area contributed by atoms with E-state index in [1.54, 1.807) is 38.1 Å². The molecule has 0 spiro atoms. The van der Waals surface area contributed by atoms with Crippen LogP contribution in [0.2, 0.25) is 0 Å². The fourth-order valence-electron chi connectivity index (χ4n) is 1.92. The molecular weight excluding hydrogens is 273 g/mol. The minimum absolute atomic E-state index is 0.287. The van der Waals surface area contributed by atoms with Crippen LogP contribution in [0, 0.1) is 12.7 Å². The summed E-state index contributed by atoms with van der Waals surface area (Å²) in [5.74, 6) is -0.395. The molecule has 1 heterocycles. The SMILES string of the molecule is COC(=O)c1c(C)nc(N(C)C)nc1-c1ccc(F)cc1. The second-order valence-electron chi connectivity index (χ2n) is 4.73. The van der Waals surface area contributed by atoms with Crippen LogP contribution in [0.3, 0.4) is 0 Å². The summed E-state index contributed by atoms with van der Waals surface area (Å²) < 4.78 is 17.9. The Kier molecular flexibility index (Phi) is 4.16. The molecule has 1 aromatic carbocycles. The molecule has 0 atom stereocenters. The summed E-state index contributed by atoms with van der Waals surface area (Å²) in [6.07, 6.45) is 0. The third-order valence-corrected chi connectivity index (χ3v) is 2.99. The molecule has 0 fully saturated rings. The van der Waals surface area contributed by atoms with Gasteiger partial charge in [0.2, 0.25) is 5.95 Å². The number of methoxy groups -OCH3 is 1. The first-order chi connectivity index (χ1) is 9.93. The zero-order valence-electron chi connectivity index (χ0n) is 12.3. The summed E-state index contributed by atoms with van der Waals surface area (Å²) in [5.41, 5.74) is 1.86. The molecule has 0 bridgehead atoms. The van der Waals surface area contributed by atoms with E-state index in [0.29, 0.717) is 22.9 Å². The Bertz CT molecular complexity index is 669. The van der Waals surface area contributed by atoms with Crippen molar-refractivity contribution < 1.29 is 13.9 Å². The van der Waals surface area contributed by atoms with Crippen LogP contribution in [-0.2, 0) is 4.74 Å². The van der Waals surface area contributed by atoms with E-state index in [4.69, 9.17) is 4.74 Å². The van der Waals surface area contributed by atoms with Gasteiger partial charge in [0, 0.05) is 19.7 Å². The number of carbonyl (C=O) groups excluding carboxylic acids is 1. The zero-order chi connectivity index (χ0) is 15.6. The Morgan fingerprint density at radius 2 is 1.81 bits per heavy atom. The molecule has 0 aliphatic rings. The Hall–Kier alpha value is -2.50. The number of hydrogen-bond acceptors (Lipinski definition) is 5. The molecule has 1 aromatic heterocycles. The fraction of sp³-hybridized carbons (Fsp3) is 0.267. The number of halogens is 1. The first-order valence-electron chi connectivity index (χ1n) is 6.34. The van der Waals surface area contributed by atoms with E-state index in [9.17, 15) is 9.18 Å². The van der Waals surface area contributed by atoms with Gasteiger partial charge in [-0.25, -0.2) is 19.2 Å². The van der Waals surface area contributed by atoms with Crippen LogP contribution in [0.25, 0.3) is 11.3 Å². The third kappa shape index (κ3) is 2.99. The molecule has 110 valence electrons.